The minimum absolute atomic E-state index is 0.155. The van der Waals surface area contributed by atoms with Crippen LogP contribution in [0.5, 0.6) is 11.5 Å². The zero-order chi connectivity index (χ0) is 38.1. The van der Waals surface area contributed by atoms with E-state index in [4.69, 9.17) is 28.0 Å². The van der Waals surface area contributed by atoms with Gasteiger partial charge in [-0.3, -0.25) is 0 Å². The lowest BCUT2D eigenvalue weighted by Gasteiger charge is -2.39. The Kier molecular flexibility index (Phi) is 13.4. The van der Waals surface area contributed by atoms with Gasteiger partial charge in [-0.25, -0.2) is 4.67 Å². The molecule has 0 amide bonds. The van der Waals surface area contributed by atoms with Gasteiger partial charge >= 0.3 is 0 Å². The molecular formula is C45H51N2O6P. The summed E-state index contributed by atoms with van der Waals surface area (Å²) < 4.78 is 41.2. The van der Waals surface area contributed by atoms with Crippen LogP contribution in [0.15, 0.2) is 121 Å². The van der Waals surface area contributed by atoms with Crippen LogP contribution in [0.4, 0.5) is 0 Å². The largest absolute Gasteiger partial charge is 0.497 e. The average Bonchev–Trinajstić information content (AvgIpc) is 3.60. The van der Waals surface area contributed by atoms with Crippen molar-refractivity contribution in [1.82, 2.24) is 4.67 Å². The molecule has 0 aliphatic carbocycles. The summed E-state index contributed by atoms with van der Waals surface area (Å²) in [6, 6.07) is 43.8. The number of nitriles is 1. The molecule has 1 aliphatic rings. The minimum Gasteiger partial charge on any atom is -0.497 e. The van der Waals surface area contributed by atoms with Crippen LogP contribution in [0.3, 0.4) is 0 Å². The first kappa shape index (κ1) is 39.4. The summed E-state index contributed by atoms with van der Waals surface area (Å²) in [4.78, 5) is 0. The molecule has 8 nitrogen and oxygen atoms in total. The SMILES string of the molecule is COc1ccc(C(OC[C@H]2O[C@@H](c3ccc4ccccc4c3)C[C@@H]2OP(OCCC#N)N(C(C)C)C(C)C)(c2ccccc2)c2ccc(OC)cc2)cc1. The van der Waals surface area contributed by atoms with Gasteiger partial charge in [0, 0.05) is 18.5 Å². The van der Waals surface area contributed by atoms with Gasteiger partial charge in [-0.05, 0) is 91.1 Å². The third-order valence-corrected chi connectivity index (χ3v) is 12.0. The first-order chi connectivity index (χ1) is 26.3. The van der Waals surface area contributed by atoms with E-state index >= 15 is 0 Å². The molecule has 0 saturated carbocycles. The molecule has 4 atom stereocenters. The van der Waals surface area contributed by atoms with E-state index in [0.717, 1.165) is 39.1 Å². The highest BCUT2D eigenvalue weighted by Crippen LogP contribution is 2.51. The molecule has 54 heavy (non-hydrogen) atoms. The van der Waals surface area contributed by atoms with Crippen LogP contribution < -0.4 is 9.47 Å². The molecule has 5 aromatic carbocycles. The topological polar surface area (TPSA) is 82.4 Å². The highest BCUT2D eigenvalue weighted by Gasteiger charge is 2.44. The van der Waals surface area contributed by atoms with Crippen molar-refractivity contribution < 1.29 is 28.0 Å². The van der Waals surface area contributed by atoms with E-state index in [2.05, 4.69) is 117 Å². The van der Waals surface area contributed by atoms with Crippen LogP contribution in [0, 0.1) is 11.3 Å². The lowest BCUT2D eigenvalue weighted by molar-refractivity contribution is -0.0806. The highest BCUT2D eigenvalue weighted by molar-refractivity contribution is 7.44. The molecular weight excluding hydrogens is 695 g/mol. The van der Waals surface area contributed by atoms with Crippen molar-refractivity contribution in [3.63, 3.8) is 0 Å². The average molecular weight is 747 g/mol. The van der Waals surface area contributed by atoms with E-state index in [1.807, 2.05) is 42.5 Å². The summed E-state index contributed by atoms with van der Waals surface area (Å²) in [5.74, 6) is 1.51. The van der Waals surface area contributed by atoms with Crippen molar-refractivity contribution >= 4 is 19.3 Å². The summed E-state index contributed by atoms with van der Waals surface area (Å²) in [5, 5.41) is 11.7. The smallest absolute Gasteiger partial charge is 0.259 e. The number of hydrogen-bond acceptors (Lipinski definition) is 8. The second-order valence-corrected chi connectivity index (χ2v) is 15.4. The lowest BCUT2D eigenvalue weighted by atomic mass is 9.80. The number of ether oxygens (including phenoxy) is 4. The summed E-state index contributed by atoms with van der Waals surface area (Å²) in [7, 11) is 1.81. The fourth-order valence-corrected chi connectivity index (χ4v) is 9.05. The zero-order valence-electron chi connectivity index (χ0n) is 32.1. The maximum atomic E-state index is 9.36. The quantitative estimate of drug-likeness (QED) is 0.0528. The second-order valence-electron chi connectivity index (χ2n) is 14.0. The molecule has 0 aromatic heterocycles. The monoisotopic (exact) mass is 746 g/mol. The normalized spacial score (nSPS) is 18.0. The van der Waals surface area contributed by atoms with Crippen molar-refractivity contribution in [1.29, 1.82) is 5.26 Å². The number of benzene rings is 5. The first-order valence-electron chi connectivity index (χ1n) is 18.6. The molecule has 0 radical (unpaired) electrons. The van der Waals surface area contributed by atoms with Crippen molar-refractivity contribution in [2.45, 2.75) is 76.5 Å². The molecule has 0 bridgehead atoms. The van der Waals surface area contributed by atoms with E-state index < -0.39 is 20.2 Å². The summed E-state index contributed by atoms with van der Waals surface area (Å²) in [5.41, 5.74) is 2.91. The number of fused-ring (bicyclic) bond motifs is 1. The lowest BCUT2D eigenvalue weighted by Crippen LogP contribution is -2.39. The Balaban J connectivity index is 1.42. The van der Waals surface area contributed by atoms with Crippen molar-refractivity contribution in [2.24, 2.45) is 0 Å². The van der Waals surface area contributed by atoms with Crippen LogP contribution in [-0.2, 0) is 24.1 Å². The van der Waals surface area contributed by atoms with E-state index in [1.165, 1.54) is 5.39 Å². The van der Waals surface area contributed by atoms with Gasteiger partial charge < -0.3 is 28.0 Å². The van der Waals surface area contributed by atoms with Crippen LogP contribution in [0.1, 0.15) is 68.9 Å². The molecule has 1 heterocycles. The summed E-state index contributed by atoms with van der Waals surface area (Å²) >= 11 is 0. The van der Waals surface area contributed by atoms with E-state index in [9.17, 15) is 5.26 Å². The maximum absolute atomic E-state index is 9.36. The Morgan fingerprint density at radius 3 is 1.91 bits per heavy atom. The van der Waals surface area contributed by atoms with Gasteiger partial charge in [-0.1, -0.05) is 91.0 Å². The van der Waals surface area contributed by atoms with Crippen LogP contribution in [0.25, 0.3) is 10.8 Å². The molecule has 1 saturated heterocycles. The van der Waals surface area contributed by atoms with Gasteiger partial charge in [0.05, 0.1) is 52.1 Å². The number of methoxy groups -OCH3 is 2. The fourth-order valence-electron chi connectivity index (χ4n) is 7.29. The molecule has 1 fully saturated rings. The summed E-state index contributed by atoms with van der Waals surface area (Å²) in [6.45, 7) is 9.09. The number of hydrogen-bond donors (Lipinski definition) is 0. The molecule has 6 rings (SSSR count). The Bertz CT molecular complexity index is 1910. The zero-order valence-corrected chi connectivity index (χ0v) is 32.9. The highest BCUT2D eigenvalue weighted by atomic mass is 31.2. The van der Waals surface area contributed by atoms with Crippen LogP contribution in [-0.4, -0.2) is 56.4 Å². The van der Waals surface area contributed by atoms with Crippen LogP contribution >= 0.6 is 8.53 Å². The van der Waals surface area contributed by atoms with Crippen LogP contribution in [0.2, 0.25) is 0 Å². The third-order valence-electron chi connectivity index (χ3n) is 9.87. The van der Waals surface area contributed by atoms with Gasteiger partial charge in [0.25, 0.3) is 8.53 Å². The molecule has 0 spiro atoms. The Morgan fingerprint density at radius 1 is 0.759 bits per heavy atom. The van der Waals surface area contributed by atoms with E-state index in [-0.39, 0.29) is 43.9 Å². The number of nitrogens with zero attached hydrogens (tertiary/aromatic N) is 2. The molecule has 1 unspecified atom stereocenters. The molecule has 1 aliphatic heterocycles. The minimum atomic E-state index is -1.53. The van der Waals surface area contributed by atoms with E-state index in [1.54, 1.807) is 14.2 Å². The molecule has 9 heteroatoms. The molecule has 282 valence electrons. The number of rotatable bonds is 17. The van der Waals surface area contributed by atoms with Gasteiger partial charge in [0.1, 0.15) is 23.2 Å². The van der Waals surface area contributed by atoms with Gasteiger partial charge in [-0.2, -0.15) is 5.26 Å². The van der Waals surface area contributed by atoms with Crippen molar-refractivity contribution in [3.8, 4) is 17.6 Å². The standard InChI is InChI=1S/C45H51N2O6P/c1-32(2)47(33(3)4)54(51-28-12-27-46)53-43-30-42(36-18-17-34-13-10-11-14-35(34)29-36)52-44(43)31-50-45(37-15-8-7-9-16-37,38-19-23-40(48-5)24-20-38)39-21-25-41(49-6)26-22-39/h7-11,13-26,29,32-33,42-44H,12,28,30-31H2,1-6H3/t42-,43+,44-,54?/m1/s1. The van der Waals surface area contributed by atoms with Gasteiger partial charge in [-0.15, -0.1) is 0 Å². The first-order valence-corrected chi connectivity index (χ1v) is 19.8. The predicted molar refractivity (Wildman–Crippen MR) is 215 cm³/mol. The van der Waals surface area contributed by atoms with Gasteiger partial charge in [0.2, 0.25) is 0 Å². The van der Waals surface area contributed by atoms with Gasteiger partial charge in [0.15, 0.2) is 0 Å². The summed E-state index contributed by atoms with van der Waals surface area (Å²) in [6.07, 6.45) is -0.158. The van der Waals surface area contributed by atoms with E-state index in [0.29, 0.717) is 6.42 Å². The molecule has 0 N–H and O–H groups in total. The maximum Gasteiger partial charge on any atom is 0.259 e. The second kappa shape index (κ2) is 18.3. The van der Waals surface area contributed by atoms with Crippen molar-refractivity contribution in [2.75, 3.05) is 27.4 Å². The fraction of sp³-hybridized carbons (Fsp3) is 0.356. The Morgan fingerprint density at radius 2 is 1.33 bits per heavy atom. The predicted octanol–water partition coefficient (Wildman–Crippen LogP) is 10.4. The third kappa shape index (κ3) is 8.80. The van der Waals surface area contributed by atoms with Crippen molar-refractivity contribution in [3.05, 3.63) is 144 Å². The molecule has 5 aromatic rings. The Labute approximate surface area is 321 Å². The Hall–Kier alpha value is -4.32.